The van der Waals surface area contributed by atoms with Crippen LogP contribution >= 0.6 is 0 Å². The fraction of sp³-hybridized carbons (Fsp3) is 0.0435. The summed E-state index contributed by atoms with van der Waals surface area (Å²) < 4.78 is 1.77. The zero-order valence-corrected chi connectivity index (χ0v) is 15.4. The van der Waals surface area contributed by atoms with Crippen molar-refractivity contribution in [3.8, 4) is 11.3 Å². The van der Waals surface area contributed by atoms with Crippen molar-refractivity contribution in [2.24, 2.45) is 0 Å². The van der Waals surface area contributed by atoms with Gasteiger partial charge in [0.25, 0.3) is 0 Å². The van der Waals surface area contributed by atoms with Crippen LogP contribution in [0.1, 0.15) is 16.1 Å². The summed E-state index contributed by atoms with van der Waals surface area (Å²) >= 11 is 0. The van der Waals surface area contributed by atoms with Crippen molar-refractivity contribution < 1.29 is 9.90 Å². The van der Waals surface area contributed by atoms with Gasteiger partial charge in [0.1, 0.15) is 11.2 Å². The second kappa shape index (κ2) is 6.83. The van der Waals surface area contributed by atoms with Gasteiger partial charge < -0.3 is 5.11 Å². The van der Waals surface area contributed by atoms with E-state index in [2.05, 4.69) is 9.97 Å². The van der Waals surface area contributed by atoms with Crippen LogP contribution in [0.5, 0.6) is 0 Å². The van der Waals surface area contributed by atoms with Crippen LogP contribution in [0.2, 0.25) is 0 Å². The largest absolute Gasteiger partial charge is 0.476 e. The molecule has 2 heterocycles. The number of carboxylic acid groups (broad SMARTS) is 1. The SMILES string of the molecule is O=C(O)c1cnc2c(n1)c(-c1ccc3ccccc3c1)nn2Cc1ccccc1. The van der Waals surface area contributed by atoms with Gasteiger partial charge in [-0.3, -0.25) is 0 Å². The lowest BCUT2D eigenvalue weighted by atomic mass is 10.0. The Kier molecular flexibility index (Phi) is 4.02. The van der Waals surface area contributed by atoms with E-state index in [4.69, 9.17) is 5.10 Å². The Morgan fingerprint density at radius 1 is 0.931 bits per heavy atom. The molecular formula is C23H16N4O2. The lowest BCUT2D eigenvalue weighted by molar-refractivity contribution is 0.0690. The van der Waals surface area contributed by atoms with Gasteiger partial charge in [0.05, 0.1) is 12.7 Å². The van der Waals surface area contributed by atoms with E-state index < -0.39 is 5.97 Å². The third-order valence-corrected chi connectivity index (χ3v) is 4.86. The fourth-order valence-electron chi connectivity index (χ4n) is 3.45. The molecule has 6 nitrogen and oxygen atoms in total. The highest BCUT2D eigenvalue weighted by Crippen LogP contribution is 2.29. The van der Waals surface area contributed by atoms with E-state index in [-0.39, 0.29) is 5.69 Å². The van der Waals surface area contributed by atoms with Crippen LogP contribution in [0.15, 0.2) is 79.0 Å². The second-order valence-electron chi connectivity index (χ2n) is 6.79. The smallest absolute Gasteiger partial charge is 0.356 e. The highest BCUT2D eigenvalue weighted by atomic mass is 16.4. The molecule has 5 rings (SSSR count). The van der Waals surface area contributed by atoms with Crippen LogP contribution in [-0.4, -0.2) is 30.8 Å². The fourth-order valence-corrected chi connectivity index (χ4v) is 3.45. The topological polar surface area (TPSA) is 80.9 Å². The molecule has 0 saturated heterocycles. The van der Waals surface area contributed by atoms with Gasteiger partial charge in [0.2, 0.25) is 0 Å². The van der Waals surface area contributed by atoms with Gasteiger partial charge in [-0.15, -0.1) is 0 Å². The molecule has 5 aromatic rings. The first-order valence-corrected chi connectivity index (χ1v) is 9.19. The van der Waals surface area contributed by atoms with Crippen molar-refractivity contribution in [1.82, 2.24) is 19.7 Å². The predicted molar refractivity (Wildman–Crippen MR) is 111 cm³/mol. The van der Waals surface area contributed by atoms with Crippen molar-refractivity contribution in [2.45, 2.75) is 6.54 Å². The molecule has 0 spiro atoms. The van der Waals surface area contributed by atoms with Crippen molar-refractivity contribution in [3.63, 3.8) is 0 Å². The molecule has 0 atom stereocenters. The summed E-state index contributed by atoms with van der Waals surface area (Å²) in [6.07, 6.45) is 1.28. The molecule has 2 aromatic heterocycles. The Hall–Kier alpha value is -4.06. The molecule has 0 saturated carbocycles. The predicted octanol–water partition coefficient (Wildman–Crippen LogP) is 4.39. The van der Waals surface area contributed by atoms with Crippen LogP contribution < -0.4 is 0 Å². The van der Waals surface area contributed by atoms with E-state index in [1.54, 1.807) is 4.68 Å². The number of aromatic carboxylic acids is 1. The van der Waals surface area contributed by atoms with E-state index in [0.29, 0.717) is 23.4 Å². The molecule has 1 N–H and O–H groups in total. The highest BCUT2D eigenvalue weighted by molar-refractivity contribution is 5.95. The molecule has 0 fully saturated rings. The summed E-state index contributed by atoms with van der Waals surface area (Å²) in [4.78, 5) is 20.1. The average molecular weight is 380 g/mol. The molecule has 0 bridgehead atoms. The molecule has 6 heteroatoms. The normalized spacial score (nSPS) is 11.2. The first-order valence-electron chi connectivity index (χ1n) is 9.19. The monoisotopic (exact) mass is 380 g/mol. The third-order valence-electron chi connectivity index (χ3n) is 4.86. The van der Waals surface area contributed by atoms with E-state index in [1.807, 2.05) is 72.8 Å². The van der Waals surface area contributed by atoms with Crippen LogP contribution in [0, 0.1) is 0 Å². The first-order chi connectivity index (χ1) is 14.2. The molecule has 29 heavy (non-hydrogen) atoms. The zero-order chi connectivity index (χ0) is 19.8. The Balaban J connectivity index is 1.71. The molecule has 0 amide bonds. The van der Waals surface area contributed by atoms with Gasteiger partial charge in [-0.25, -0.2) is 19.4 Å². The number of hydrogen-bond donors (Lipinski definition) is 1. The summed E-state index contributed by atoms with van der Waals surface area (Å²) in [7, 11) is 0. The van der Waals surface area contributed by atoms with Crippen LogP contribution in [0.4, 0.5) is 0 Å². The van der Waals surface area contributed by atoms with E-state index in [9.17, 15) is 9.90 Å². The molecular weight excluding hydrogens is 364 g/mol. The minimum atomic E-state index is -1.11. The maximum atomic E-state index is 11.4. The number of rotatable bonds is 4. The maximum Gasteiger partial charge on any atom is 0.356 e. The first kappa shape index (κ1) is 17.1. The average Bonchev–Trinajstić information content (AvgIpc) is 3.12. The van der Waals surface area contributed by atoms with Crippen molar-refractivity contribution in [1.29, 1.82) is 0 Å². The molecule has 0 unspecified atom stereocenters. The highest BCUT2D eigenvalue weighted by Gasteiger charge is 2.18. The standard InChI is InChI=1S/C23H16N4O2/c28-23(29)19-13-24-22-21(25-19)20(26-27(22)14-15-6-2-1-3-7-15)18-11-10-16-8-4-5-9-17(16)12-18/h1-13H,14H2,(H,28,29). The number of carboxylic acids is 1. The van der Waals surface area contributed by atoms with Crippen molar-refractivity contribution in [3.05, 3.63) is 90.3 Å². The lowest BCUT2D eigenvalue weighted by Crippen LogP contribution is -2.05. The van der Waals surface area contributed by atoms with Crippen molar-refractivity contribution >= 4 is 27.9 Å². The molecule has 0 aliphatic rings. The molecule has 0 aliphatic heterocycles. The van der Waals surface area contributed by atoms with E-state index in [1.165, 1.54) is 6.20 Å². The Morgan fingerprint density at radius 2 is 1.69 bits per heavy atom. The third kappa shape index (κ3) is 3.10. The minimum Gasteiger partial charge on any atom is -0.476 e. The summed E-state index contributed by atoms with van der Waals surface area (Å²) in [5.74, 6) is -1.11. The molecule has 140 valence electrons. The molecule has 0 radical (unpaired) electrons. The van der Waals surface area contributed by atoms with Gasteiger partial charge in [0, 0.05) is 5.56 Å². The summed E-state index contributed by atoms with van der Waals surface area (Å²) in [6, 6.07) is 24.1. The Morgan fingerprint density at radius 3 is 2.48 bits per heavy atom. The number of fused-ring (bicyclic) bond motifs is 2. The Labute approximate surface area is 166 Å². The lowest BCUT2D eigenvalue weighted by Gasteiger charge is -2.03. The quantitative estimate of drug-likeness (QED) is 0.500. The zero-order valence-electron chi connectivity index (χ0n) is 15.4. The molecule has 0 aliphatic carbocycles. The van der Waals surface area contributed by atoms with Crippen LogP contribution in [0.3, 0.4) is 0 Å². The number of carbonyl (C=O) groups is 1. The second-order valence-corrected chi connectivity index (χ2v) is 6.79. The number of aromatic nitrogens is 4. The molecule has 3 aromatic carbocycles. The van der Waals surface area contributed by atoms with Gasteiger partial charge in [-0.2, -0.15) is 5.10 Å². The minimum absolute atomic E-state index is 0.0983. The van der Waals surface area contributed by atoms with Crippen LogP contribution in [0.25, 0.3) is 33.2 Å². The Bertz CT molecular complexity index is 1360. The van der Waals surface area contributed by atoms with Crippen LogP contribution in [-0.2, 0) is 6.54 Å². The van der Waals surface area contributed by atoms with E-state index >= 15 is 0 Å². The number of benzene rings is 3. The van der Waals surface area contributed by atoms with E-state index in [0.717, 1.165) is 21.9 Å². The van der Waals surface area contributed by atoms with Crippen molar-refractivity contribution in [2.75, 3.05) is 0 Å². The van der Waals surface area contributed by atoms with Gasteiger partial charge >= 0.3 is 5.97 Å². The summed E-state index contributed by atoms with van der Waals surface area (Å²) in [5.41, 5.74) is 3.51. The summed E-state index contributed by atoms with van der Waals surface area (Å²) in [6.45, 7) is 0.520. The van der Waals surface area contributed by atoms with Gasteiger partial charge in [-0.1, -0.05) is 66.7 Å². The number of hydrogen-bond acceptors (Lipinski definition) is 4. The van der Waals surface area contributed by atoms with Gasteiger partial charge in [-0.05, 0) is 22.4 Å². The maximum absolute atomic E-state index is 11.4. The van der Waals surface area contributed by atoms with Gasteiger partial charge in [0.15, 0.2) is 11.3 Å². The number of nitrogens with zero attached hydrogens (tertiary/aromatic N) is 4. The summed E-state index contributed by atoms with van der Waals surface area (Å²) in [5, 5.41) is 16.3.